The average molecular weight is 392 g/mol. The summed E-state index contributed by atoms with van der Waals surface area (Å²) < 4.78 is 20.0. The van der Waals surface area contributed by atoms with Crippen molar-refractivity contribution in [3.05, 3.63) is 92.8 Å². The van der Waals surface area contributed by atoms with Gasteiger partial charge in [-0.25, -0.2) is 9.02 Å². The normalized spacial score (nSPS) is 11.3. The van der Waals surface area contributed by atoms with Crippen LogP contribution in [0.1, 0.15) is 28.1 Å². The van der Waals surface area contributed by atoms with E-state index in [1.165, 1.54) is 12.1 Å². The largest absolute Gasteiger partial charge is 0.307 e. The number of halogens is 1. The van der Waals surface area contributed by atoms with E-state index in [2.05, 4.69) is 15.6 Å². The second kappa shape index (κ2) is 7.97. The lowest BCUT2D eigenvalue weighted by Crippen LogP contribution is -2.28. The van der Waals surface area contributed by atoms with Crippen LogP contribution in [0.15, 0.2) is 58.0 Å². The first kappa shape index (κ1) is 19.0. The first-order valence-electron chi connectivity index (χ1n) is 9.37. The van der Waals surface area contributed by atoms with Gasteiger partial charge in [-0.3, -0.25) is 4.79 Å². The van der Waals surface area contributed by atoms with E-state index >= 15 is 0 Å². The molecule has 0 aliphatic rings. The minimum atomic E-state index is -0.315. The van der Waals surface area contributed by atoms with Crippen LogP contribution in [-0.4, -0.2) is 14.9 Å². The molecule has 0 unspecified atom stereocenters. The molecular formula is C22H21FN4O2. The van der Waals surface area contributed by atoms with Gasteiger partial charge in [0.05, 0.1) is 12.1 Å². The number of hydrogen-bond acceptors (Lipinski definition) is 5. The molecule has 7 heteroatoms. The third-order valence-electron chi connectivity index (χ3n) is 4.91. The lowest BCUT2D eigenvalue weighted by Gasteiger charge is -2.14. The van der Waals surface area contributed by atoms with Crippen molar-refractivity contribution in [1.82, 2.24) is 20.2 Å². The Morgan fingerprint density at radius 2 is 1.93 bits per heavy atom. The summed E-state index contributed by atoms with van der Waals surface area (Å²) >= 11 is 0. The Balaban J connectivity index is 1.69. The Labute approximate surface area is 166 Å². The molecule has 0 aliphatic carbocycles. The Kier molecular flexibility index (Phi) is 5.22. The van der Waals surface area contributed by atoms with Crippen LogP contribution in [0.4, 0.5) is 4.39 Å². The lowest BCUT2D eigenvalue weighted by molar-refractivity contribution is 0.300. The summed E-state index contributed by atoms with van der Waals surface area (Å²) in [4.78, 5) is 13.2. The van der Waals surface area contributed by atoms with Gasteiger partial charge in [-0.1, -0.05) is 34.1 Å². The van der Waals surface area contributed by atoms with Gasteiger partial charge in [0, 0.05) is 18.7 Å². The highest BCUT2D eigenvalue weighted by Crippen LogP contribution is 2.18. The Morgan fingerprint density at radius 1 is 1.07 bits per heavy atom. The topological polar surface area (TPSA) is 73.0 Å². The average Bonchev–Trinajstić information content (AvgIpc) is 3.09. The summed E-state index contributed by atoms with van der Waals surface area (Å²) in [7, 11) is 0. The van der Waals surface area contributed by atoms with Crippen LogP contribution < -0.4 is 10.9 Å². The zero-order valence-corrected chi connectivity index (χ0v) is 16.3. The van der Waals surface area contributed by atoms with Crippen molar-refractivity contribution >= 4 is 10.9 Å². The smallest absolute Gasteiger partial charge is 0.255 e. The van der Waals surface area contributed by atoms with Gasteiger partial charge >= 0.3 is 0 Å². The third kappa shape index (κ3) is 4.09. The molecule has 29 heavy (non-hydrogen) atoms. The molecule has 4 rings (SSSR count). The lowest BCUT2D eigenvalue weighted by atomic mass is 10.1. The number of aromatic nitrogens is 3. The van der Waals surface area contributed by atoms with Crippen molar-refractivity contribution in [3.8, 4) is 0 Å². The van der Waals surface area contributed by atoms with Gasteiger partial charge in [0.1, 0.15) is 17.2 Å². The van der Waals surface area contributed by atoms with Crippen LogP contribution in [0.3, 0.4) is 0 Å². The maximum absolute atomic E-state index is 13.6. The third-order valence-corrected chi connectivity index (χ3v) is 4.91. The van der Waals surface area contributed by atoms with Gasteiger partial charge < -0.3 is 9.88 Å². The summed E-state index contributed by atoms with van der Waals surface area (Å²) in [6, 6.07) is 14.2. The maximum Gasteiger partial charge on any atom is 0.255 e. The second-order valence-corrected chi connectivity index (χ2v) is 7.15. The van der Waals surface area contributed by atoms with E-state index in [0.717, 1.165) is 27.7 Å². The van der Waals surface area contributed by atoms with Gasteiger partial charge in [0.25, 0.3) is 5.56 Å². The van der Waals surface area contributed by atoms with Crippen molar-refractivity contribution in [2.24, 2.45) is 0 Å². The fraction of sp³-hybridized carbons (Fsp3) is 0.227. The van der Waals surface area contributed by atoms with Crippen molar-refractivity contribution in [2.45, 2.75) is 33.5 Å². The predicted octanol–water partition coefficient (Wildman–Crippen LogP) is 3.48. The van der Waals surface area contributed by atoms with E-state index in [1.54, 1.807) is 10.6 Å². The van der Waals surface area contributed by atoms with E-state index in [-0.39, 0.29) is 11.4 Å². The maximum atomic E-state index is 13.6. The Bertz CT molecular complexity index is 1230. The minimum Gasteiger partial charge on any atom is -0.307 e. The van der Waals surface area contributed by atoms with Crippen molar-refractivity contribution in [1.29, 1.82) is 0 Å². The number of hydrogen-bond donors (Lipinski definition) is 1. The molecule has 148 valence electrons. The number of nitrogens with one attached hydrogen (secondary N) is 1. The van der Waals surface area contributed by atoms with Gasteiger partial charge in [-0.05, 0) is 55.1 Å². The van der Waals surface area contributed by atoms with Crippen LogP contribution >= 0.6 is 0 Å². The molecule has 0 saturated heterocycles. The SMILES string of the molecule is Cc1ccc2c(c1)cc(CNCc1nonc1C)c(=O)n2Cc1cccc(F)c1. The molecule has 4 aromatic rings. The van der Waals surface area contributed by atoms with E-state index in [1.807, 2.05) is 44.2 Å². The molecule has 0 atom stereocenters. The number of nitrogens with zero attached hydrogens (tertiary/aromatic N) is 3. The number of fused-ring (bicyclic) bond motifs is 1. The highest BCUT2D eigenvalue weighted by Gasteiger charge is 2.12. The first-order valence-corrected chi connectivity index (χ1v) is 9.37. The highest BCUT2D eigenvalue weighted by atomic mass is 19.1. The van der Waals surface area contributed by atoms with Gasteiger partial charge in [0.15, 0.2) is 0 Å². The molecule has 0 fully saturated rings. The molecule has 0 bridgehead atoms. The minimum absolute atomic E-state index is 0.104. The molecule has 0 radical (unpaired) electrons. The van der Waals surface area contributed by atoms with E-state index in [0.29, 0.717) is 30.9 Å². The van der Waals surface area contributed by atoms with Crippen LogP contribution in [0.5, 0.6) is 0 Å². The zero-order valence-electron chi connectivity index (χ0n) is 16.3. The summed E-state index contributed by atoms with van der Waals surface area (Å²) in [6.45, 7) is 4.96. The summed E-state index contributed by atoms with van der Waals surface area (Å²) in [5, 5.41) is 11.8. The highest BCUT2D eigenvalue weighted by molar-refractivity contribution is 5.80. The molecular weight excluding hydrogens is 371 g/mol. The molecule has 2 aromatic carbocycles. The van der Waals surface area contributed by atoms with Crippen LogP contribution in [0.2, 0.25) is 0 Å². The molecule has 6 nitrogen and oxygen atoms in total. The van der Waals surface area contributed by atoms with Gasteiger partial charge in [-0.2, -0.15) is 0 Å². The van der Waals surface area contributed by atoms with Crippen LogP contribution in [0.25, 0.3) is 10.9 Å². The molecule has 0 aliphatic heterocycles. The molecule has 2 aromatic heterocycles. The Hall–Kier alpha value is -3.32. The van der Waals surface area contributed by atoms with Crippen LogP contribution in [0, 0.1) is 19.7 Å². The standard InChI is InChI=1S/C22H21FN4O2/c1-14-6-7-21-17(8-14)10-18(11-24-12-20-15(2)25-29-26-20)22(28)27(21)13-16-4-3-5-19(23)9-16/h3-10,24H,11-13H2,1-2H3. The number of pyridine rings is 1. The number of benzene rings is 2. The molecule has 0 amide bonds. The predicted molar refractivity (Wildman–Crippen MR) is 108 cm³/mol. The molecule has 2 heterocycles. The number of aryl methyl sites for hydroxylation is 2. The monoisotopic (exact) mass is 392 g/mol. The Morgan fingerprint density at radius 3 is 2.69 bits per heavy atom. The number of rotatable bonds is 6. The second-order valence-electron chi connectivity index (χ2n) is 7.15. The molecule has 0 spiro atoms. The fourth-order valence-corrected chi connectivity index (χ4v) is 3.39. The van der Waals surface area contributed by atoms with Crippen molar-refractivity contribution < 1.29 is 9.02 Å². The zero-order chi connectivity index (χ0) is 20.4. The summed E-state index contributed by atoms with van der Waals surface area (Å²) in [5.74, 6) is -0.315. The molecule has 0 saturated carbocycles. The van der Waals surface area contributed by atoms with E-state index in [4.69, 9.17) is 4.63 Å². The van der Waals surface area contributed by atoms with Crippen LogP contribution in [-0.2, 0) is 19.6 Å². The summed E-state index contributed by atoms with van der Waals surface area (Å²) in [6.07, 6.45) is 0. The summed E-state index contributed by atoms with van der Waals surface area (Å²) in [5.41, 5.74) is 4.63. The van der Waals surface area contributed by atoms with Crippen molar-refractivity contribution in [2.75, 3.05) is 0 Å². The van der Waals surface area contributed by atoms with E-state index < -0.39 is 0 Å². The quantitative estimate of drug-likeness (QED) is 0.544. The molecule has 1 N–H and O–H groups in total. The van der Waals surface area contributed by atoms with Gasteiger partial charge in [-0.15, -0.1) is 0 Å². The van der Waals surface area contributed by atoms with Gasteiger partial charge in [0.2, 0.25) is 0 Å². The van der Waals surface area contributed by atoms with Crippen molar-refractivity contribution in [3.63, 3.8) is 0 Å². The fourth-order valence-electron chi connectivity index (χ4n) is 3.39. The first-order chi connectivity index (χ1) is 14.0. The van der Waals surface area contributed by atoms with E-state index in [9.17, 15) is 9.18 Å².